The maximum absolute atomic E-state index is 12.2. The molecule has 0 aromatic heterocycles. The van der Waals surface area contributed by atoms with Gasteiger partial charge in [0.25, 0.3) is 0 Å². The molecule has 1 atom stereocenters. The van der Waals surface area contributed by atoms with E-state index in [4.69, 9.17) is 4.74 Å². The van der Waals surface area contributed by atoms with E-state index in [0.717, 1.165) is 5.57 Å². The van der Waals surface area contributed by atoms with Crippen LogP contribution in [-0.4, -0.2) is 13.5 Å². The van der Waals surface area contributed by atoms with Crippen LogP contribution in [-0.2, 0) is 4.74 Å². The molecule has 1 rings (SSSR count). The average Bonchev–Trinajstić information content (AvgIpc) is 2.05. The lowest BCUT2D eigenvalue weighted by Crippen LogP contribution is -2.13. The number of hydrogen-bond acceptors (Lipinski definition) is 1. The maximum Gasteiger partial charge on any atom is 0.245 e. The molecule has 0 aromatic carbocycles. The Morgan fingerprint density at radius 2 is 2.25 bits per heavy atom. The molecule has 0 amide bonds. The fraction of sp³-hybridized carbons (Fsp3) is 0.556. The third-order valence-electron chi connectivity index (χ3n) is 2.02. The van der Waals surface area contributed by atoms with E-state index in [2.05, 4.69) is 0 Å². The Morgan fingerprint density at radius 3 is 2.75 bits per heavy atom. The summed E-state index contributed by atoms with van der Waals surface area (Å²) >= 11 is 0. The maximum atomic E-state index is 12.2. The number of rotatable bonds is 2. The molecule has 0 heterocycles. The summed E-state index contributed by atoms with van der Waals surface area (Å²) in [6, 6.07) is 0. The van der Waals surface area contributed by atoms with Gasteiger partial charge < -0.3 is 4.74 Å². The second-order valence-corrected chi connectivity index (χ2v) is 2.87. The predicted octanol–water partition coefficient (Wildman–Crippen LogP) is 2.75. The van der Waals surface area contributed by atoms with Gasteiger partial charge in [-0.1, -0.05) is 12.2 Å². The Bertz CT molecular complexity index is 219. The second-order valence-electron chi connectivity index (χ2n) is 2.87. The molecule has 0 aromatic rings. The van der Waals surface area contributed by atoms with Crippen molar-refractivity contribution in [2.24, 2.45) is 5.92 Å². The molecule has 68 valence electrons. The molecule has 1 aliphatic rings. The molecule has 3 heteroatoms. The first-order chi connectivity index (χ1) is 5.65. The number of halogens is 2. The minimum absolute atomic E-state index is 0.316. The standard InChI is InChI=1S/C9H12F2O/c1-6-3-4-7(9(10)11)5-8(6)12-2/h3-4,7,9H,5H2,1-2H3. The van der Waals surface area contributed by atoms with Crippen LogP contribution in [0.5, 0.6) is 0 Å². The van der Waals surface area contributed by atoms with Gasteiger partial charge in [0.15, 0.2) is 0 Å². The van der Waals surface area contributed by atoms with Gasteiger partial charge in [0.2, 0.25) is 6.43 Å². The van der Waals surface area contributed by atoms with E-state index >= 15 is 0 Å². The Balaban J connectivity index is 2.70. The normalized spacial score (nSPS) is 23.6. The molecule has 0 saturated carbocycles. The molecule has 1 aliphatic carbocycles. The quantitative estimate of drug-likeness (QED) is 0.625. The van der Waals surface area contributed by atoms with Crippen LogP contribution in [0.3, 0.4) is 0 Å². The molecule has 0 fully saturated rings. The lowest BCUT2D eigenvalue weighted by Gasteiger charge is -2.19. The highest BCUT2D eigenvalue weighted by atomic mass is 19.3. The van der Waals surface area contributed by atoms with Crippen molar-refractivity contribution in [3.05, 3.63) is 23.5 Å². The highest BCUT2D eigenvalue weighted by Crippen LogP contribution is 2.27. The van der Waals surface area contributed by atoms with Gasteiger partial charge in [-0.15, -0.1) is 0 Å². The van der Waals surface area contributed by atoms with Crippen molar-refractivity contribution in [2.45, 2.75) is 19.8 Å². The summed E-state index contributed by atoms with van der Waals surface area (Å²) < 4.78 is 29.4. The Hall–Kier alpha value is -0.860. The largest absolute Gasteiger partial charge is 0.501 e. The van der Waals surface area contributed by atoms with Crippen LogP contribution in [0.2, 0.25) is 0 Å². The van der Waals surface area contributed by atoms with Crippen LogP contribution in [0.25, 0.3) is 0 Å². The van der Waals surface area contributed by atoms with Gasteiger partial charge >= 0.3 is 0 Å². The predicted molar refractivity (Wildman–Crippen MR) is 43.0 cm³/mol. The summed E-state index contributed by atoms with van der Waals surface area (Å²) in [4.78, 5) is 0. The van der Waals surface area contributed by atoms with Crippen LogP contribution < -0.4 is 0 Å². The van der Waals surface area contributed by atoms with Crippen LogP contribution >= 0.6 is 0 Å². The zero-order valence-corrected chi connectivity index (χ0v) is 7.18. The SMILES string of the molecule is COC1=C(C)C=CC(C(F)F)C1. The molecule has 0 radical (unpaired) electrons. The van der Waals surface area contributed by atoms with Gasteiger partial charge in [0.05, 0.1) is 12.9 Å². The van der Waals surface area contributed by atoms with Gasteiger partial charge in [-0.05, 0) is 12.5 Å². The highest BCUT2D eigenvalue weighted by Gasteiger charge is 2.22. The third kappa shape index (κ3) is 1.84. The van der Waals surface area contributed by atoms with E-state index in [1.807, 2.05) is 6.92 Å². The first-order valence-electron chi connectivity index (χ1n) is 3.85. The fourth-order valence-electron chi connectivity index (χ4n) is 1.22. The number of methoxy groups -OCH3 is 1. The van der Waals surface area contributed by atoms with Crippen molar-refractivity contribution in [1.29, 1.82) is 0 Å². The van der Waals surface area contributed by atoms with Crippen molar-refractivity contribution in [3.8, 4) is 0 Å². The topological polar surface area (TPSA) is 9.23 Å². The minimum atomic E-state index is -2.29. The molecule has 0 aliphatic heterocycles. The van der Waals surface area contributed by atoms with Gasteiger partial charge in [-0.2, -0.15) is 0 Å². The summed E-state index contributed by atoms with van der Waals surface area (Å²) in [6.45, 7) is 1.86. The summed E-state index contributed by atoms with van der Waals surface area (Å²) in [5, 5.41) is 0. The molecular formula is C9H12F2O. The third-order valence-corrected chi connectivity index (χ3v) is 2.02. The minimum Gasteiger partial charge on any atom is -0.501 e. The number of alkyl halides is 2. The second kappa shape index (κ2) is 3.70. The summed E-state index contributed by atoms with van der Waals surface area (Å²) in [5.74, 6) is -0.00792. The Kier molecular flexibility index (Phi) is 2.84. The van der Waals surface area contributed by atoms with Gasteiger partial charge in [-0.3, -0.25) is 0 Å². The summed E-state index contributed by atoms with van der Waals surface area (Å²) in [5.41, 5.74) is 0.939. The van der Waals surface area contributed by atoms with Crippen molar-refractivity contribution < 1.29 is 13.5 Å². The lowest BCUT2D eigenvalue weighted by atomic mass is 9.96. The average molecular weight is 174 g/mol. The molecule has 0 saturated heterocycles. The van der Waals surface area contributed by atoms with Crippen molar-refractivity contribution in [3.63, 3.8) is 0 Å². The van der Waals surface area contributed by atoms with Crippen molar-refractivity contribution in [2.75, 3.05) is 7.11 Å². The highest BCUT2D eigenvalue weighted by molar-refractivity contribution is 5.25. The molecular weight excluding hydrogens is 162 g/mol. The van der Waals surface area contributed by atoms with E-state index in [1.54, 1.807) is 12.2 Å². The van der Waals surface area contributed by atoms with Crippen LogP contribution in [0.4, 0.5) is 8.78 Å². The lowest BCUT2D eigenvalue weighted by molar-refractivity contribution is 0.0898. The fourth-order valence-corrected chi connectivity index (χ4v) is 1.22. The molecule has 0 bridgehead atoms. The van der Waals surface area contributed by atoms with Crippen LogP contribution in [0.15, 0.2) is 23.5 Å². The first kappa shape index (κ1) is 9.23. The number of allylic oxidation sites excluding steroid dienone is 4. The van der Waals surface area contributed by atoms with E-state index in [-0.39, 0.29) is 0 Å². The zero-order valence-electron chi connectivity index (χ0n) is 7.18. The van der Waals surface area contributed by atoms with Crippen molar-refractivity contribution in [1.82, 2.24) is 0 Å². The molecule has 0 N–H and O–H groups in total. The van der Waals surface area contributed by atoms with Crippen molar-refractivity contribution >= 4 is 0 Å². The first-order valence-corrected chi connectivity index (χ1v) is 3.85. The Labute approximate surface area is 70.7 Å². The summed E-state index contributed by atoms with van der Waals surface area (Å²) in [6.07, 6.45) is 1.26. The van der Waals surface area contributed by atoms with Gasteiger partial charge in [-0.25, -0.2) is 8.78 Å². The zero-order chi connectivity index (χ0) is 9.14. The van der Waals surface area contributed by atoms with Gasteiger partial charge in [0, 0.05) is 12.3 Å². The Morgan fingerprint density at radius 1 is 1.58 bits per heavy atom. The summed E-state index contributed by atoms with van der Waals surface area (Å²) in [7, 11) is 1.51. The molecule has 0 spiro atoms. The van der Waals surface area contributed by atoms with E-state index in [9.17, 15) is 8.78 Å². The van der Waals surface area contributed by atoms with Gasteiger partial charge in [0.1, 0.15) is 0 Å². The molecule has 1 unspecified atom stereocenters. The van der Waals surface area contributed by atoms with Crippen LogP contribution in [0.1, 0.15) is 13.3 Å². The number of ether oxygens (including phenoxy) is 1. The molecule has 1 nitrogen and oxygen atoms in total. The van der Waals surface area contributed by atoms with E-state index in [0.29, 0.717) is 12.2 Å². The number of hydrogen-bond donors (Lipinski definition) is 0. The monoisotopic (exact) mass is 174 g/mol. The smallest absolute Gasteiger partial charge is 0.245 e. The van der Waals surface area contributed by atoms with E-state index in [1.165, 1.54) is 7.11 Å². The van der Waals surface area contributed by atoms with Crippen LogP contribution in [0, 0.1) is 5.92 Å². The van der Waals surface area contributed by atoms with E-state index < -0.39 is 12.3 Å². The molecule has 12 heavy (non-hydrogen) atoms.